The Morgan fingerprint density at radius 1 is 1.14 bits per heavy atom. The van der Waals surface area contributed by atoms with Crippen LogP contribution >= 0.6 is 0 Å². The minimum atomic E-state index is -2.59. The highest BCUT2D eigenvalue weighted by Crippen LogP contribution is 2.41. The molecule has 2 fully saturated rings. The van der Waals surface area contributed by atoms with Crippen LogP contribution in [0.1, 0.15) is 69.7 Å². The molecule has 0 amide bonds. The topological polar surface area (TPSA) is 116 Å². The van der Waals surface area contributed by atoms with Gasteiger partial charge in [-0.3, -0.25) is 9.78 Å². The van der Waals surface area contributed by atoms with Gasteiger partial charge in [0.15, 0.2) is 5.79 Å². The summed E-state index contributed by atoms with van der Waals surface area (Å²) in [5.41, 5.74) is 1.54. The van der Waals surface area contributed by atoms with E-state index in [0.29, 0.717) is 49.5 Å². The van der Waals surface area contributed by atoms with E-state index in [1.54, 1.807) is 25.3 Å². The molecule has 1 aliphatic carbocycles. The number of carbonyl (C=O) groups is 1. The molecule has 3 aromatic rings. The lowest BCUT2D eigenvalue weighted by molar-refractivity contribution is -0.163. The number of nitrogens with one attached hydrogen (secondary N) is 1. The fourth-order valence-electron chi connectivity index (χ4n) is 5.74. The average molecular weight is 597 g/mol. The zero-order valence-corrected chi connectivity index (χ0v) is 24.8. The summed E-state index contributed by atoms with van der Waals surface area (Å²) in [6, 6.07) is 9.93. The SMILES string of the molecule is Cc1cc(Nc2cc(C(F)F)ccn2)nc(-c2ccc([C@](C)(O)C3CCC(C(=O)OC[C@H]4COC(C)(C)O4)CC3)nc2)c1. The maximum absolute atomic E-state index is 13.1. The van der Waals surface area contributed by atoms with Crippen molar-refractivity contribution in [2.24, 2.45) is 11.8 Å². The van der Waals surface area contributed by atoms with Gasteiger partial charge in [-0.1, -0.05) is 0 Å². The molecule has 9 nitrogen and oxygen atoms in total. The molecule has 0 unspecified atom stereocenters. The molecule has 4 heterocycles. The maximum Gasteiger partial charge on any atom is 0.309 e. The van der Waals surface area contributed by atoms with E-state index >= 15 is 0 Å². The third-order valence-electron chi connectivity index (χ3n) is 8.17. The second kappa shape index (κ2) is 12.6. The van der Waals surface area contributed by atoms with E-state index in [9.17, 15) is 18.7 Å². The molecule has 11 heteroatoms. The minimum absolute atomic E-state index is 0.0633. The zero-order valence-electron chi connectivity index (χ0n) is 24.8. The Morgan fingerprint density at radius 2 is 1.91 bits per heavy atom. The van der Waals surface area contributed by atoms with Crippen molar-refractivity contribution in [3.63, 3.8) is 0 Å². The number of hydrogen-bond donors (Lipinski definition) is 2. The van der Waals surface area contributed by atoms with Gasteiger partial charge in [-0.25, -0.2) is 18.7 Å². The molecule has 5 rings (SSSR count). The van der Waals surface area contributed by atoms with Crippen molar-refractivity contribution >= 4 is 17.6 Å². The van der Waals surface area contributed by atoms with Gasteiger partial charge in [0.05, 0.1) is 23.9 Å². The minimum Gasteiger partial charge on any atom is -0.463 e. The summed E-state index contributed by atoms with van der Waals surface area (Å²) in [4.78, 5) is 26.0. The Bertz CT molecular complexity index is 1430. The number of esters is 1. The number of aromatic nitrogens is 3. The molecule has 0 bridgehead atoms. The van der Waals surface area contributed by atoms with Gasteiger partial charge in [0, 0.05) is 23.5 Å². The summed E-state index contributed by atoms with van der Waals surface area (Å²) in [6.45, 7) is 7.92. The molecular weight excluding hydrogens is 558 g/mol. The van der Waals surface area contributed by atoms with Crippen molar-refractivity contribution in [3.05, 3.63) is 65.6 Å². The first-order valence-electron chi connectivity index (χ1n) is 14.6. The van der Waals surface area contributed by atoms with Crippen LogP contribution in [0.3, 0.4) is 0 Å². The zero-order chi connectivity index (χ0) is 30.8. The number of halogens is 2. The number of alkyl halides is 2. The van der Waals surface area contributed by atoms with Gasteiger partial charge in [-0.2, -0.15) is 0 Å². The van der Waals surface area contributed by atoms with E-state index in [4.69, 9.17) is 14.2 Å². The molecule has 43 heavy (non-hydrogen) atoms. The molecule has 1 saturated heterocycles. The van der Waals surface area contributed by atoms with Crippen LogP contribution in [0.4, 0.5) is 20.4 Å². The van der Waals surface area contributed by atoms with Crippen molar-refractivity contribution in [2.75, 3.05) is 18.5 Å². The van der Waals surface area contributed by atoms with E-state index in [-0.39, 0.29) is 41.9 Å². The fourth-order valence-corrected chi connectivity index (χ4v) is 5.74. The van der Waals surface area contributed by atoms with Crippen LogP contribution in [-0.4, -0.2) is 51.1 Å². The molecule has 2 atom stereocenters. The van der Waals surface area contributed by atoms with Gasteiger partial charge < -0.3 is 24.6 Å². The highest BCUT2D eigenvalue weighted by Gasteiger charge is 2.40. The van der Waals surface area contributed by atoms with Crippen molar-refractivity contribution in [3.8, 4) is 11.3 Å². The Hall–Kier alpha value is -3.54. The first-order valence-corrected chi connectivity index (χ1v) is 14.6. The number of carbonyl (C=O) groups excluding carboxylic acids is 1. The molecule has 3 aromatic heterocycles. The van der Waals surface area contributed by atoms with E-state index in [2.05, 4.69) is 20.3 Å². The van der Waals surface area contributed by atoms with Crippen LogP contribution < -0.4 is 5.32 Å². The number of aliphatic hydroxyl groups is 1. The van der Waals surface area contributed by atoms with Gasteiger partial charge in [-0.05, 0) is 101 Å². The standard InChI is InChI=1S/C32H38F2N4O5/c1-19-13-25(37-28(14-19)38-27-15-21(29(33)34)11-12-35-27)22-7-10-26(36-16-22)32(4,40)23-8-5-20(6-9-23)30(39)41-17-24-18-42-31(2,3)43-24/h7,10-16,20,23-24,29,40H,5-6,8-9,17-18H2,1-4H3,(H,35,37,38)/t20?,23?,24-,32+/m0/s1. The molecule has 2 N–H and O–H groups in total. The van der Waals surface area contributed by atoms with Crippen LogP contribution in [0.25, 0.3) is 11.3 Å². The molecule has 0 aromatic carbocycles. The number of hydrogen-bond acceptors (Lipinski definition) is 9. The normalized spacial score (nSPS) is 23.1. The van der Waals surface area contributed by atoms with E-state index < -0.39 is 17.8 Å². The smallest absolute Gasteiger partial charge is 0.309 e. The predicted octanol–water partition coefficient (Wildman–Crippen LogP) is 6.24. The lowest BCUT2D eigenvalue weighted by atomic mass is 9.73. The van der Waals surface area contributed by atoms with Gasteiger partial charge in [0.1, 0.15) is 29.9 Å². The highest BCUT2D eigenvalue weighted by molar-refractivity contribution is 5.72. The molecule has 0 spiro atoms. The van der Waals surface area contributed by atoms with Crippen molar-refractivity contribution in [1.82, 2.24) is 15.0 Å². The summed E-state index contributed by atoms with van der Waals surface area (Å²) in [6.07, 6.45) is 2.74. The lowest BCUT2D eigenvalue weighted by Gasteiger charge is -2.37. The summed E-state index contributed by atoms with van der Waals surface area (Å²) in [5, 5.41) is 14.5. The third kappa shape index (κ3) is 7.52. The van der Waals surface area contributed by atoms with Crippen LogP contribution in [0.5, 0.6) is 0 Å². The van der Waals surface area contributed by atoms with E-state index in [1.807, 2.05) is 32.9 Å². The third-order valence-corrected chi connectivity index (χ3v) is 8.17. The predicted molar refractivity (Wildman–Crippen MR) is 156 cm³/mol. The van der Waals surface area contributed by atoms with Gasteiger partial charge in [0.25, 0.3) is 6.43 Å². The van der Waals surface area contributed by atoms with Gasteiger partial charge in [-0.15, -0.1) is 0 Å². The number of rotatable bonds is 9. The van der Waals surface area contributed by atoms with Crippen LogP contribution in [0.15, 0.2) is 48.8 Å². The van der Waals surface area contributed by atoms with Gasteiger partial charge in [0.2, 0.25) is 0 Å². The monoisotopic (exact) mass is 596 g/mol. The van der Waals surface area contributed by atoms with Gasteiger partial charge >= 0.3 is 5.97 Å². The van der Waals surface area contributed by atoms with E-state index in [1.165, 1.54) is 18.3 Å². The maximum atomic E-state index is 13.1. The molecule has 0 radical (unpaired) electrons. The van der Waals surface area contributed by atoms with Crippen LogP contribution in [0, 0.1) is 18.8 Å². The molecule has 1 saturated carbocycles. The molecule has 1 aliphatic heterocycles. The number of anilines is 2. The Kier molecular flexibility index (Phi) is 9.05. The number of pyridine rings is 3. The van der Waals surface area contributed by atoms with Crippen LogP contribution in [0.2, 0.25) is 0 Å². The molecule has 230 valence electrons. The molecule has 2 aliphatic rings. The Labute approximate surface area is 250 Å². The van der Waals surface area contributed by atoms with Crippen molar-refractivity contribution < 1.29 is 32.9 Å². The second-order valence-corrected chi connectivity index (χ2v) is 12.0. The fraction of sp³-hybridized carbons (Fsp3) is 0.500. The summed E-state index contributed by atoms with van der Waals surface area (Å²) < 4.78 is 42.9. The summed E-state index contributed by atoms with van der Waals surface area (Å²) in [7, 11) is 0. The largest absolute Gasteiger partial charge is 0.463 e. The Balaban J connectivity index is 1.19. The summed E-state index contributed by atoms with van der Waals surface area (Å²) in [5.74, 6) is -0.420. The van der Waals surface area contributed by atoms with E-state index in [0.717, 1.165) is 11.1 Å². The average Bonchev–Trinajstić information content (AvgIpc) is 3.34. The number of aryl methyl sites for hydroxylation is 1. The first-order chi connectivity index (χ1) is 20.4. The summed E-state index contributed by atoms with van der Waals surface area (Å²) >= 11 is 0. The second-order valence-electron chi connectivity index (χ2n) is 12.0. The highest BCUT2D eigenvalue weighted by atomic mass is 19.3. The van der Waals surface area contributed by atoms with Crippen molar-refractivity contribution in [1.29, 1.82) is 0 Å². The Morgan fingerprint density at radius 3 is 2.56 bits per heavy atom. The quantitative estimate of drug-likeness (QED) is 0.277. The van der Waals surface area contributed by atoms with Crippen molar-refractivity contribution in [2.45, 2.75) is 77.3 Å². The lowest BCUT2D eigenvalue weighted by Crippen LogP contribution is -2.37. The molecular formula is C32H38F2N4O5. The van der Waals surface area contributed by atoms with Crippen LogP contribution in [-0.2, 0) is 24.6 Å². The number of nitrogens with zero attached hydrogens (tertiary/aromatic N) is 3. The number of ether oxygens (including phenoxy) is 3. The first kappa shape index (κ1) is 30.9.